The molecule has 3 N–H and O–H groups in total. The van der Waals surface area contributed by atoms with Gasteiger partial charge in [-0.3, -0.25) is 9.59 Å². The molecule has 5 heteroatoms. The van der Waals surface area contributed by atoms with Crippen LogP contribution >= 0.6 is 0 Å². The number of allylic oxidation sites excluding steroid dienone is 1. The second-order valence-corrected chi connectivity index (χ2v) is 4.19. The zero-order valence-electron chi connectivity index (χ0n) is 10.6. The molecule has 0 aliphatic heterocycles. The predicted molar refractivity (Wildman–Crippen MR) is 70.7 cm³/mol. The SMILES string of the molecule is C=CCC[C@H](NC(=O)Cc1ccc(F)cc1)C(N)=O. The van der Waals surface area contributed by atoms with E-state index < -0.39 is 11.9 Å². The molecule has 0 saturated heterocycles. The van der Waals surface area contributed by atoms with Crippen molar-refractivity contribution in [1.29, 1.82) is 0 Å². The van der Waals surface area contributed by atoms with Gasteiger partial charge in [0.1, 0.15) is 11.9 Å². The summed E-state index contributed by atoms with van der Waals surface area (Å²) in [6.45, 7) is 3.55. The van der Waals surface area contributed by atoms with Crippen molar-refractivity contribution in [2.24, 2.45) is 5.73 Å². The Kier molecular flexibility index (Phi) is 5.73. The standard InChI is InChI=1S/C14H17FN2O2/c1-2-3-4-12(14(16)19)17-13(18)9-10-5-7-11(15)8-6-10/h2,5-8,12H,1,3-4,9H2,(H2,16,19)(H,17,18)/t12-/m0/s1. The van der Waals surface area contributed by atoms with Gasteiger partial charge in [0, 0.05) is 0 Å². The third-order valence-electron chi connectivity index (χ3n) is 2.62. The summed E-state index contributed by atoms with van der Waals surface area (Å²) in [4.78, 5) is 22.9. The number of halogens is 1. The van der Waals surface area contributed by atoms with Crippen LogP contribution in [-0.2, 0) is 16.0 Å². The van der Waals surface area contributed by atoms with E-state index in [0.29, 0.717) is 18.4 Å². The number of primary amides is 1. The zero-order chi connectivity index (χ0) is 14.3. The Hall–Kier alpha value is -2.17. The minimum Gasteiger partial charge on any atom is -0.368 e. The molecule has 2 amide bonds. The van der Waals surface area contributed by atoms with E-state index in [2.05, 4.69) is 11.9 Å². The number of amides is 2. The number of hydrogen-bond donors (Lipinski definition) is 2. The first-order valence-electron chi connectivity index (χ1n) is 5.97. The number of benzene rings is 1. The van der Waals surface area contributed by atoms with E-state index in [9.17, 15) is 14.0 Å². The summed E-state index contributed by atoms with van der Waals surface area (Å²) in [6.07, 6.45) is 2.75. The molecule has 0 unspecified atom stereocenters. The molecule has 1 atom stereocenters. The Morgan fingerprint density at radius 3 is 2.53 bits per heavy atom. The molecule has 0 aromatic heterocycles. The van der Waals surface area contributed by atoms with Crippen molar-refractivity contribution >= 4 is 11.8 Å². The fraction of sp³-hybridized carbons (Fsp3) is 0.286. The Labute approximate surface area is 111 Å². The number of rotatable bonds is 7. The molecule has 0 aliphatic carbocycles. The summed E-state index contributed by atoms with van der Waals surface area (Å²) < 4.78 is 12.7. The van der Waals surface area contributed by atoms with Gasteiger partial charge in [-0.25, -0.2) is 4.39 Å². The number of nitrogens with one attached hydrogen (secondary N) is 1. The fourth-order valence-corrected chi connectivity index (χ4v) is 1.60. The van der Waals surface area contributed by atoms with E-state index in [1.165, 1.54) is 24.3 Å². The highest BCUT2D eigenvalue weighted by molar-refractivity contribution is 5.87. The van der Waals surface area contributed by atoms with E-state index in [0.717, 1.165) is 0 Å². The maximum absolute atomic E-state index is 12.7. The summed E-state index contributed by atoms with van der Waals surface area (Å²) in [6, 6.07) is 4.92. The number of carbonyl (C=O) groups excluding carboxylic acids is 2. The van der Waals surface area contributed by atoms with Crippen molar-refractivity contribution in [1.82, 2.24) is 5.32 Å². The average Bonchev–Trinajstić information content (AvgIpc) is 2.37. The molecule has 0 saturated carbocycles. The normalized spacial score (nSPS) is 11.6. The Morgan fingerprint density at radius 1 is 1.37 bits per heavy atom. The van der Waals surface area contributed by atoms with Crippen LogP contribution < -0.4 is 11.1 Å². The second-order valence-electron chi connectivity index (χ2n) is 4.19. The zero-order valence-corrected chi connectivity index (χ0v) is 10.6. The van der Waals surface area contributed by atoms with Gasteiger partial charge in [-0.05, 0) is 30.5 Å². The number of carbonyl (C=O) groups is 2. The van der Waals surface area contributed by atoms with Gasteiger partial charge in [-0.15, -0.1) is 6.58 Å². The molecule has 0 radical (unpaired) electrons. The topological polar surface area (TPSA) is 72.2 Å². The van der Waals surface area contributed by atoms with E-state index in [4.69, 9.17) is 5.73 Å². The number of hydrogen-bond acceptors (Lipinski definition) is 2. The lowest BCUT2D eigenvalue weighted by Gasteiger charge is -2.14. The van der Waals surface area contributed by atoms with Crippen molar-refractivity contribution in [3.05, 3.63) is 48.3 Å². The summed E-state index contributed by atoms with van der Waals surface area (Å²) in [5.41, 5.74) is 5.87. The van der Waals surface area contributed by atoms with Crippen molar-refractivity contribution < 1.29 is 14.0 Å². The molecular weight excluding hydrogens is 247 g/mol. The average molecular weight is 264 g/mol. The van der Waals surface area contributed by atoms with Crippen LogP contribution in [0.3, 0.4) is 0 Å². The van der Waals surface area contributed by atoms with Crippen molar-refractivity contribution in [3.63, 3.8) is 0 Å². The van der Waals surface area contributed by atoms with Crippen LogP contribution in [-0.4, -0.2) is 17.9 Å². The van der Waals surface area contributed by atoms with Crippen molar-refractivity contribution in [2.75, 3.05) is 0 Å². The summed E-state index contributed by atoms with van der Waals surface area (Å²) in [5.74, 6) is -1.25. The second kappa shape index (κ2) is 7.31. The van der Waals surface area contributed by atoms with Crippen LogP contribution in [0.2, 0.25) is 0 Å². The van der Waals surface area contributed by atoms with E-state index in [1.807, 2.05) is 0 Å². The van der Waals surface area contributed by atoms with Gasteiger partial charge in [0.2, 0.25) is 11.8 Å². The molecule has 4 nitrogen and oxygen atoms in total. The Bertz CT molecular complexity index is 457. The molecule has 1 aromatic rings. The van der Waals surface area contributed by atoms with Crippen LogP contribution in [0.15, 0.2) is 36.9 Å². The summed E-state index contributed by atoms with van der Waals surface area (Å²) >= 11 is 0. The van der Waals surface area contributed by atoms with Crippen molar-refractivity contribution in [3.8, 4) is 0 Å². The summed E-state index contributed by atoms with van der Waals surface area (Å²) in [7, 11) is 0. The maximum atomic E-state index is 12.7. The summed E-state index contributed by atoms with van der Waals surface area (Å²) in [5, 5.41) is 2.56. The first kappa shape index (κ1) is 14.9. The molecule has 0 spiro atoms. The highest BCUT2D eigenvalue weighted by atomic mass is 19.1. The van der Waals surface area contributed by atoms with E-state index in [-0.39, 0.29) is 18.1 Å². The molecule has 0 heterocycles. The van der Waals surface area contributed by atoms with Gasteiger partial charge >= 0.3 is 0 Å². The van der Waals surface area contributed by atoms with Gasteiger partial charge in [0.05, 0.1) is 6.42 Å². The minimum absolute atomic E-state index is 0.0815. The van der Waals surface area contributed by atoms with Crippen LogP contribution in [0.25, 0.3) is 0 Å². The Balaban J connectivity index is 2.54. The molecule has 0 fully saturated rings. The first-order chi connectivity index (χ1) is 9.02. The fourth-order valence-electron chi connectivity index (χ4n) is 1.60. The van der Waals surface area contributed by atoms with Crippen LogP contribution in [0, 0.1) is 5.82 Å². The third-order valence-corrected chi connectivity index (χ3v) is 2.62. The maximum Gasteiger partial charge on any atom is 0.240 e. The monoisotopic (exact) mass is 264 g/mol. The van der Waals surface area contributed by atoms with Gasteiger partial charge < -0.3 is 11.1 Å². The van der Waals surface area contributed by atoms with Gasteiger partial charge in [-0.1, -0.05) is 18.2 Å². The highest BCUT2D eigenvalue weighted by Crippen LogP contribution is 2.04. The lowest BCUT2D eigenvalue weighted by molar-refractivity contribution is -0.127. The molecule has 1 aromatic carbocycles. The minimum atomic E-state index is -0.703. The van der Waals surface area contributed by atoms with Crippen LogP contribution in [0.4, 0.5) is 4.39 Å². The van der Waals surface area contributed by atoms with E-state index >= 15 is 0 Å². The number of nitrogens with two attached hydrogens (primary N) is 1. The van der Waals surface area contributed by atoms with Crippen molar-refractivity contribution in [2.45, 2.75) is 25.3 Å². The molecule has 1 rings (SSSR count). The molecule has 0 bridgehead atoms. The largest absolute Gasteiger partial charge is 0.368 e. The van der Waals surface area contributed by atoms with Crippen LogP contribution in [0.5, 0.6) is 0 Å². The first-order valence-corrected chi connectivity index (χ1v) is 5.97. The van der Waals surface area contributed by atoms with Gasteiger partial charge in [0.15, 0.2) is 0 Å². The van der Waals surface area contributed by atoms with Gasteiger partial charge in [0.25, 0.3) is 0 Å². The quantitative estimate of drug-likeness (QED) is 0.729. The smallest absolute Gasteiger partial charge is 0.240 e. The molecule has 0 aliphatic rings. The Morgan fingerprint density at radius 2 is 2.00 bits per heavy atom. The highest BCUT2D eigenvalue weighted by Gasteiger charge is 2.17. The molecule has 19 heavy (non-hydrogen) atoms. The molecular formula is C14H17FN2O2. The third kappa shape index (κ3) is 5.33. The molecule has 102 valence electrons. The lowest BCUT2D eigenvalue weighted by atomic mass is 10.1. The van der Waals surface area contributed by atoms with Gasteiger partial charge in [-0.2, -0.15) is 0 Å². The lowest BCUT2D eigenvalue weighted by Crippen LogP contribution is -2.44. The van der Waals surface area contributed by atoms with Crippen LogP contribution in [0.1, 0.15) is 18.4 Å². The van der Waals surface area contributed by atoms with E-state index in [1.54, 1.807) is 6.08 Å². The predicted octanol–water partition coefficient (Wildman–Crippen LogP) is 1.30.